The molecule has 0 saturated carbocycles. The summed E-state index contributed by atoms with van der Waals surface area (Å²) in [5.41, 5.74) is -7.34. The zero-order chi connectivity index (χ0) is 55.3. The van der Waals surface area contributed by atoms with E-state index in [1.54, 1.807) is 0 Å². The molecule has 226 valence electrons. The van der Waals surface area contributed by atoms with Crippen LogP contribution in [0.1, 0.15) is 48.1 Å². The van der Waals surface area contributed by atoms with Crippen molar-refractivity contribution in [3.8, 4) is 50.9 Å². The van der Waals surface area contributed by atoms with E-state index in [1.807, 2.05) is 0 Å². The maximum absolute atomic E-state index is 9.93. The van der Waals surface area contributed by atoms with Crippen molar-refractivity contribution in [2.24, 2.45) is 0 Å². The Morgan fingerprint density at radius 2 is 1.04 bits per heavy atom. The largest absolute Gasteiger partial charge is 0.458 e. The van der Waals surface area contributed by atoms with Crippen molar-refractivity contribution in [1.29, 1.82) is 0 Å². The van der Waals surface area contributed by atoms with Crippen molar-refractivity contribution >= 4 is 44.9 Å². The van der Waals surface area contributed by atoms with Gasteiger partial charge in [-0.3, -0.25) is 0 Å². The highest BCUT2D eigenvalue weighted by atomic mass is 16.5. The van der Waals surface area contributed by atoms with Crippen LogP contribution in [0.3, 0.4) is 0 Å². The van der Waals surface area contributed by atoms with E-state index in [-0.39, 0.29) is 5.56 Å². The fourth-order valence-corrected chi connectivity index (χ4v) is 6.04. The molecule has 0 fully saturated rings. The summed E-state index contributed by atoms with van der Waals surface area (Å²) in [7, 11) is 0. The molecule has 0 aliphatic carbocycles. The molecule has 2 aliphatic heterocycles. The van der Waals surface area contributed by atoms with Gasteiger partial charge in [0, 0.05) is 32.4 Å². The van der Waals surface area contributed by atoms with Gasteiger partial charge < -0.3 is 14.0 Å². The molecule has 0 bridgehead atoms. The maximum Gasteiger partial charge on any atom is 0.260 e. The third kappa shape index (κ3) is 3.96. The third-order valence-corrected chi connectivity index (χ3v) is 8.16. The summed E-state index contributed by atoms with van der Waals surface area (Å²) >= 11 is 0. The van der Waals surface area contributed by atoms with E-state index in [2.05, 4.69) is 0 Å². The van der Waals surface area contributed by atoms with Crippen molar-refractivity contribution in [3.63, 3.8) is 0 Å². The van der Waals surface area contributed by atoms with E-state index < -0.39 is 253 Å². The molecule has 3 nitrogen and oxygen atoms in total. The first-order valence-corrected chi connectivity index (χ1v) is 14.4. The Balaban J connectivity index is 1.43. The first-order chi connectivity index (χ1) is 34.9. The highest BCUT2D eigenvalue weighted by Gasteiger charge is 2.41. The van der Waals surface area contributed by atoms with Gasteiger partial charge in [0.1, 0.15) is 23.0 Å². The molecule has 2 aliphatic rings. The summed E-state index contributed by atoms with van der Waals surface area (Å²) in [6.07, 6.45) is 0. The fraction of sp³-hybridized carbons (Fsp3) is 0.0455. The van der Waals surface area contributed by atoms with Crippen LogP contribution >= 0.6 is 0 Å². The number of para-hydroxylation sites is 2. The maximum atomic E-state index is 9.93. The Hall–Kier alpha value is -6.00. The first kappa shape index (κ1) is 11.6. The summed E-state index contributed by atoms with van der Waals surface area (Å²) < 4.78 is 255. The Morgan fingerprint density at radius 1 is 0.542 bits per heavy atom. The van der Waals surface area contributed by atoms with E-state index in [9.17, 15) is 11.0 Å². The Morgan fingerprint density at radius 3 is 1.62 bits per heavy atom. The standard InChI is InChI=1S/C44H30BNO2/c1-27-11-3-5-13-32(27)29-19-21-36-40(23-29)47-42-25-31(46-38-17-9-7-15-34(38)35-16-8-10-18-39(35)46)26-43-44(42)45(36)37-22-20-30(24-41(37)48-43)33-14-6-4-12-28(33)2/h3-26H,1-2H3/i1D3,3D,4D,5D,6D,7D,8D,9D,10D,11D,12D,13D,14D,15D,16D,17D,18D,19D,20D,21D,22D,23D,24D,25D,26D. The minimum Gasteiger partial charge on any atom is -0.458 e. The molecular formula is C44H30BNO2. The van der Waals surface area contributed by atoms with Crippen molar-refractivity contribution in [1.82, 2.24) is 4.57 Å². The predicted octanol–water partition coefficient (Wildman–Crippen LogP) is 9.46. The highest BCUT2D eigenvalue weighted by molar-refractivity contribution is 6.98. The molecule has 48 heavy (non-hydrogen) atoms. The van der Waals surface area contributed by atoms with Crippen molar-refractivity contribution < 1.29 is 46.5 Å². The van der Waals surface area contributed by atoms with Crippen LogP contribution in [-0.2, 0) is 0 Å². The lowest BCUT2D eigenvalue weighted by molar-refractivity contribution is 0.464. The molecule has 0 atom stereocenters. The molecule has 0 unspecified atom stereocenters. The lowest BCUT2D eigenvalue weighted by atomic mass is 9.34. The fourth-order valence-electron chi connectivity index (χ4n) is 6.04. The molecule has 10 rings (SSSR count). The molecule has 4 heteroatoms. The smallest absolute Gasteiger partial charge is 0.260 e. The number of hydrogen-bond donors (Lipinski definition) is 0. The Labute approximate surface area is 317 Å². The summed E-state index contributed by atoms with van der Waals surface area (Å²) in [4.78, 5) is 0. The SMILES string of the molecule is [2H]c1c([2H])c([2H])c(-c2c([2H])c([2H])c3c(c2[2H])Oc2c([2H])c(-n4c5c([2H])c([2H])c([2H])c([2H])c5c5c([2H])c([2H])c([2H])c([2H])c54)c([2H])c4c2B3c2c([2H])c([2H])c(-c3c([2H])c([2H])c([2H])c([2H])c3C([2H])([2H])[2H])c([2H])c2O4)c(C)c1[2H]. The highest BCUT2D eigenvalue weighted by Crippen LogP contribution is 2.41. The van der Waals surface area contributed by atoms with Gasteiger partial charge in [0.2, 0.25) is 0 Å². The number of nitrogens with zero attached hydrogens (tertiary/aromatic N) is 1. The lowest BCUT2D eigenvalue weighted by Crippen LogP contribution is -2.57. The van der Waals surface area contributed by atoms with E-state index in [4.69, 9.17) is 35.5 Å². The van der Waals surface area contributed by atoms with Gasteiger partial charge in [-0.15, -0.1) is 0 Å². The Bertz CT molecular complexity index is 3970. The molecule has 3 heterocycles. The monoisotopic (exact) mass is 642 g/mol. The van der Waals surface area contributed by atoms with Crippen molar-refractivity contribution in [2.45, 2.75) is 13.8 Å². The van der Waals surface area contributed by atoms with Crippen LogP contribution in [0.25, 0.3) is 49.7 Å². The van der Waals surface area contributed by atoms with E-state index in [1.165, 1.54) is 6.92 Å². The van der Waals surface area contributed by atoms with Gasteiger partial charge in [0.05, 0.1) is 49.6 Å². The number of benzene rings is 7. The van der Waals surface area contributed by atoms with Gasteiger partial charge in [-0.05, 0) is 82.3 Å². The number of ether oxygens (including phenoxy) is 2. The summed E-state index contributed by atoms with van der Waals surface area (Å²) in [5, 5.41) is -0.938. The van der Waals surface area contributed by atoms with Crippen LogP contribution in [0.5, 0.6) is 23.0 Å². The number of aromatic nitrogens is 1. The predicted molar refractivity (Wildman–Crippen MR) is 199 cm³/mol. The molecule has 8 aromatic rings. The van der Waals surface area contributed by atoms with Crippen LogP contribution < -0.4 is 25.9 Å². The van der Waals surface area contributed by atoms with Gasteiger partial charge in [-0.2, -0.15) is 0 Å². The van der Waals surface area contributed by atoms with Crippen molar-refractivity contribution in [2.75, 3.05) is 0 Å². The zero-order valence-electron chi connectivity index (χ0n) is 51.3. The second kappa shape index (κ2) is 10.3. The van der Waals surface area contributed by atoms with Crippen molar-refractivity contribution in [3.05, 3.63) is 156 Å². The first-order valence-electron chi connectivity index (χ1n) is 27.9. The molecule has 0 radical (unpaired) electrons. The van der Waals surface area contributed by atoms with E-state index in [0.29, 0.717) is 0 Å². The number of hydrogen-bond acceptors (Lipinski definition) is 2. The quantitative estimate of drug-likeness (QED) is 0.179. The molecule has 1 aromatic heterocycles. The second-order valence-electron chi connectivity index (χ2n) is 10.8. The molecule has 0 amide bonds. The van der Waals surface area contributed by atoms with Gasteiger partial charge in [0.25, 0.3) is 6.71 Å². The summed E-state index contributed by atoms with van der Waals surface area (Å²) in [6, 6.07) is -20.7. The molecular weight excluding hydrogens is 585 g/mol. The van der Waals surface area contributed by atoms with Crippen LogP contribution in [-0.4, -0.2) is 11.3 Å². The number of rotatable bonds is 3. The van der Waals surface area contributed by atoms with E-state index in [0.717, 1.165) is 4.57 Å². The molecule has 7 aromatic carbocycles. The Kier molecular flexibility index (Phi) is 2.48. The van der Waals surface area contributed by atoms with Gasteiger partial charge in [0.15, 0.2) is 0 Å². The number of fused-ring (bicyclic) bond motifs is 7. The average molecular weight is 643 g/mol. The van der Waals surface area contributed by atoms with Crippen LogP contribution in [0.2, 0.25) is 0 Å². The van der Waals surface area contributed by atoms with Crippen LogP contribution in [0, 0.1) is 13.8 Å². The molecule has 0 spiro atoms. The van der Waals surface area contributed by atoms with Crippen LogP contribution in [0.15, 0.2) is 145 Å². The average Bonchev–Trinajstić information content (AvgIpc) is 3.72. The van der Waals surface area contributed by atoms with Gasteiger partial charge >= 0.3 is 0 Å². The summed E-state index contributed by atoms with van der Waals surface area (Å²) in [5.74, 6) is -2.97. The molecule has 0 N–H and O–H groups in total. The summed E-state index contributed by atoms with van der Waals surface area (Å²) in [6.45, 7) is -3.94. The lowest BCUT2D eigenvalue weighted by Gasteiger charge is -2.34. The zero-order valence-corrected chi connectivity index (χ0v) is 24.3. The minimum absolute atomic E-state index is 0.158. The normalized spacial score (nSPS) is 20.9. The third-order valence-electron chi connectivity index (χ3n) is 8.16. The van der Waals surface area contributed by atoms with Crippen LogP contribution in [0.4, 0.5) is 0 Å². The topological polar surface area (TPSA) is 23.4 Å². The molecule has 0 saturated heterocycles. The minimum atomic E-state index is -3.35. The van der Waals surface area contributed by atoms with Gasteiger partial charge in [-0.1, -0.05) is 109 Å². The van der Waals surface area contributed by atoms with E-state index >= 15 is 0 Å². The second-order valence-corrected chi connectivity index (χ2v) is 10.8. The van der Waals surface area contributed by atoms with Gasteiger partial charge in [-0.25, -0.2) is 0 Å².